The van der Waals surface area contributed by atoms with Gasteiger partial charge >= 0.3 is 0 Å². The molecule has 0 aliphatic carbocycles. The van der Waals surface area contributed by atoms with Crippen molar-refractivity contribution < 1.29 is 0 Å². The molecular weight excluding hydrogens is 250 g/mol. The van der Waals surface area contributed by atoms with Gasteiger partial charge in [-0.15, -0.1) is 0 Å². The van der Waals surface area contributed by atoms with E-state index in [9.17, 15) is 0 Å². The van der Waals surface area contributed by atoms with Crippen molar-refractivity contribution in [2.75, 3.05) is 13.1 Å². The summed E-state index contributed by atoms with van der Waals surface area (Å²) < 4.78 is 1.24. The summed E-state index contributed by atoms with van der Waals surface area (Å²) in [4.78, 5) is 0. The molecule has 82 valence electrons. The lowest BCUT2D eigenvalue weighted by Crippen LogP contribution is -2.30. The van der Waals surface area contributed by atoms with Crippen molar-refractivity contribution in [3.05, 3.63) is 33.8 Å². The van der Waals surface area contributed by atoms with E-state index in [2.05, 4.69) is 46.4 Å². The third kappa shape index (κ3) is 2.82. The number of hydrogen-bond acceptors (Lipinski definition) is 1. The number of piperidine rings is 1. The van der Waals surface area contributed by atoms with Crippen LogP contribution in [0.25, 0.3) is 0 Å². The normalized spacial score (nSPS) is 21.6. The smallest absolute Gasteiger partial charge is 0.0207 e. The summed E-state index contributed by atoms with van der Waals surface area (Å²) in [6, 6.07) is 6.52. The Kier molecular flexibility index (Phi) is 3.81. The molecule has 1 nitrogen and oxygen atoms in total. The van der Waals surface area contributed by atoms with Crippen molar-refractivity contribution in [3.8, 4) is 0 Å². The first-order chi connectivity index (χ1) is 7.27. The molecule has 0 amide bonds. The third-order valence-corrected chi connectivity index (χ3v) is 4.15. The van der Waals surface area contributed by atoms with E-state index < -0.39 is 0 Å². The standard InChI is InChI=1S/C13H18BrN/c1-10-12(5-2-6-13(10)14)8-11-4-3-7-15-9-11/h2,5-6,11,15H,3-4,7-9H2,1H3. The highest BCUT2D eigenvalue weighted by molar-refractivity contribution is 9.10. The van der Waals surface area contributed by atoms with E-state index in [0.29, 0.717) is 0 Å². The number of nitrogens with one attached hydrogen (secondary N) is 1. The Bertz CT molecular complexity index is 329. The number of benzene rings is 1. The fourth-order valence-corrected chi connectivity index (χ4v) is 2.69. The molecule has 2 heteroatoms. The first-order valence-electron chi connectivity index (χ1n) is 5.72. The molecule has 1 unspecified atom stereocenters. The summed E-state index contributed by atoms with van der Waals surface area (Å²) in [6.45, 7) is 4.59. The molecule has 1 aromatic carbocycles. The minimum atomic E-state index is 0.826. The van der Waals surface area contributed by atoms with Gasteiger partial charge in [-0.2, -0.15) is 0 Å². The molecule has 1 N–H and O–H groups in total. The summed E-state index contributed by atoms with van der Waals surface area (Å²) >= 11 is 3.60. The largest absolute Gasteiger partial charge is 0.316 e. The molecule has 1 aliphatic heterocycles. The molecule has 1 fully saturated rings. The molecule has 0 radical (unpaired) electrons. The van der Waals surface area contributed by atoms with Gasteiger partial charge in [-0.05, 0) is 62.4 Å². The van der Waals surface area contributed by atoms with Crippen LogP contribution in [0.4, 0.5) is 0 Å². The van der Waals surface area contributed by atoms with Gasteiger partial charge in [0.1, 0.15) is 0 Å². The van der Waals surface area contributed by atoms with E-state index in [4.69, 9.17) is 0 Å². The second kappa shape index (κ2) is 5.13. The highest BCUT2D eigenvalue weighted by Crippen LogP contribution is 2.23. The van der Waals surface area contributed by atoms with Crippen LogP contribution in [0.1, 0.15) is 24.0 Å². The molecule has 0 saturated carbocycles. The second-order valence-corrected chi connectivity index (χ2v) is 5.29. The summed E-state index contributed by atoms with van der Waals surface area (Å²) in [5.74, 6) is 0.826. The first kappa shape index (κ1) is 11.2. The van der Waals surface area contributed by atoms with Crippen LogP contribution in [0.15, 0.2) is 22.7 Å². The monoisotopic (exact) mass is 267 g/mol. The van der Waals surface area contributed by atoms with Crippen molar-refractivity contribution >= 4 is 15.9 Å². The fourth-order valence-electron chi connectivity index (χ4n) is 2.28. The van der Waals surface area contributed by atoms with Crippen LogP contribution in [-0.2, 0) is 6.42 Å². The van der Waals surface area contributed by atoms with Crippen LogP contribution in [0.3, 0.4) is 0 Å². The zero-order valence-corrected chi connectivity index (χ0v) is 10.8. The van der Waals surface area contributed by atoms with Gasteiger partial charge in [0.05, 0.1) is 0 Å². The molecule has 1 aromatic rings. The van der Waals surface area contributed by atoms with E-state index in [1.54, 1.807) is 0 Å². The van der Waals surface area contributed by atoms with Gasteiger partial charge in [0, 0.05) is 4.47 Å². The Morgan fingerprint density at radius 3 is 3.07 bits per heavy atom. The van der Waals surface area contributed by atoms with Gasteiger partial charge in [-0.25, -0.2) is 0 Å². The average Bonchev–Trinajstić information content (AvgIpc) is 2.26. The molecular formula is C13H18BrN. The van der Waals surface area contributed by atoms with Crippen LogP contribution in [0.2, 0.25) is 0 Å². The maximum absolute atomic E-state index is 3.60. The third-order valence-electron chi connectivity index (χ3n) is 3.29. The molecule has 0 bridgehead atoms. The topological polar surface area (TPSA) is 12.0 Å². The van der Waals surface area contributed by atoms with Crippen molar-refractivity contribution in [2.45, 2.75) is 26.2 Å². The van der Waals surface area contributed by atoms with E-state index >= 15 is 0 Å². The van der Waals surface area contributed by atoms with Crippen LogP contribution in [0.5, 0.6) is 0 Å². The van der Waals surface area contributed by atoms with E-state index in [1.165, 1.54) is 48.0 Å². The first-order valence-corrected chi connectivity index (χ1v) is 6.51. The van der Waals surface area contributed by atoms with Crippen LogP contribution in [-0.4, -0.2) is 13.1 Å². The molecule has 0 spiro atoms. The van der Waals surface area contributed by atoms with Gasteiger partial charge in [0.2, 0.25) is 0 Å². The SMILES string of the molecule is Cc1c(Br)cccc1CC1CCCNC1. The summed E-state index contributed by atoms with van der Waals surface area (Å²) in [5.41, 5.74) is 2.90. The average molecular weight is 268 g/mol. The maximum atomic E-state index is 3.60. The lowest BCUT2D eigenvalue weighted by atomic mass is 9.90. The van der Waals surface area contributed by atoms with E-state index in [0.717, 1.165) is 5.92 Å². The Balaban J connectivity index is 2.06. The quantitative estimate of drug-likeness (QED) is 0.867. The van der Waals surface area contributed by atoms with Crippen molar-refractivity contribution in [1.29, 1.82) is 0 Å². The molecule has 15 heavy (non-hydrogen) atoms. The number of halogens is 1. The Hall–Kier alpha value is -0.340. The zero-order valence-electron chi connectivity index (χ0n) is 9.22. The van der Waals surface area contributed by atoms with Crippen LogP contribution >= 0.6 is 15.9 Å². The Morgan fingerprint density at radius 1 is 1.47 bits per heavy atom. The summed E-state index contributed by atoms with van der Waals surface area (Å²) in [7, 11) is 0. The molecule has 1 aliphatic rings. The molecule has 1 heterocycles. The summed E-state index contributed by atoms with van der Waals surface area (Å²) in [5, 5.41) is 3.48. The maximum Gasteiger partial charge on any atom is 0.0207 e. The van der Waals surface area contributed by atoms with Crippen molar-refractivity contribution in [1.82, 2.24) is 5.32 Å². The molecule has 1 saturated heterocycles. The van der Waals surface area contributed by atoms with E-state index in [-0.39, 0.29) is 0 Å². The Morgan fingerprint density at radius 2 is 2.33 bits per heavy atom. The lowest BCUT2D eigenvalue weighted by Gasteiger charge is -2.23. The van der Waals surface area contributed by atoms with Crippen molar-refractivity contribution in [2.24, 2.45) is 5.92 Å². The second-order valence-electron chi connectivity index (χ2n) is 4.44. The lowest BCUT2D eigenvalue weighted by molar-refractivity contribution is 0.375. The predicted molar refractivity (Wildman–Crippen MR) is 68.2 cm³/mol. The van der Waals surface area contributed by atoms with Gasteiger partial charge in [-0.3, -0.25) is 0 Å². The van der Waals surface area contributed by atoms with Crippen LogP contribution in [0, 0.1) is 12.8 Å². The minimum Gasteiger partial charge on any atom is -0.316 e. The summed E-state index contributed by atoms with van der Waals surface area (Å²) in [6.07, 6.45) is 3.93. The van der Waals surface area contributed by atoms with Gasteiger partial charge in [0.15, 0.2) is 0 Å². The number of rotatable bonds is 2. The molecule has 1 atom stereocenters. The van der Waals surface area contributed by atoms with Crippen LogP contribution < -0.4 is 5.32 Å². The predicted octanol–water partition coefficient (Wildman–Crippen LogP) is 3.30. The fraction of sp³-hybridized carbons (Fsp3) is 0.538. The van der Waals surface area contributed by atoms with Gasteiger partial charge in [-0.1, -0.05) is 28.1 Å². The highest BCUT2D eigenvalue weighted by atomic mass is 79.9. The van der Waals surface area contributed by atoms with Crippen molar-refractivity contribution in [3.63, 3.8) is 0 Å². The van der Waals surface area contributed by atoms with Gasteiger partial charge < -0.3 is 5.32 Å². The highest BCUT2D eigenvalue weighted by Gasteiger charge is 2.14. The molecule has 2 rings (SSSR count). The zero-order chi connectivity index (χ0) is 10.7. The minimum absolute atomic E-state index is 0.826. The molecule has 0 aromatic heterocycles. The Labute approximate surface area is 100 Å². The number of hydrogen-bond donors (Lipinski definition) is 1. The van der Waals surface area contributed by atoms with Gasteiger partial charge in [0.25, 0.3) is 0 Å². The van der Waals surface area contributed by atoms with E-state index in [1.807, 2.05) is 0 Å².